The van der Waals surface area contributed by atoms with Crippen LogP contribution in [0.25, 0.3) is 0 Å². The van der Waals surface area contributed by atoms with E-state index in [9.17, 15) is 9.90 Å². The van der Waals surface area contributed by atoms with Crippen molar-refractivity contribution in [1.82, 2.24) is 4.90 Å². The highest BCUT2D eigenvalue weighted by Crippen LogP contribution is 2.32. The quantitative estimate of drug-likeness (QED) is 0.862. The van der Waals surface area contributed by atoms with Gasteiger partial charge in [-0.15, -0.1) is 0 Å². The van der Waals surface area contributed by atoms with Gasteiger partial charge in [-0.05, 0) is 42.9 Å². The number of hydrogen-bond acceptors (Lipinski definition) is 3. The molecule has 1 aliphatic rings. The van der Waals surface area contributed by atoms with E-state index < -0.39 is 0 Å². The minimum absolute atomic E-state index is 0.0237. The van der Waals surface area contributed by atoms with Gasteiger partial charge in [0, 0.05) is 13.6 Å². The normalized spacial score (nSPS) is 15.8. The van der Waals surface area contributed by atoms with Gasteiger partial charge in [-0.3, -0.25) is 4.79 Å². The van der Waals surface area contributed by atoms with Crippen LogP contribution >= 0.6 is 0 Å². The van der Waals surface area contributed by atoms with Crippen LogP contribution in [0, 0.1) is 12.8 Å². The van der Waals surface area contributed by atoms with Crippen molar-refractivity contribution in [2.24, 2.45) is 5.92 Å². The van der Waals surface area contributed by atoms with Gasteiger partial charge in [0.25, 0.3) is 0 Å². The number of ether oxygens (including phenoxy) is 1. The number of aryl methyl sites for hydroxylation is 1. The molecule has 2 rings (SSSR count). The van der Waals surface area contributed by atoms with E-state index in [-0.39, 0.29) is 12.0 Å². The molecule has 0 heterocycles. The van der Waals surface area contributed by atoms with Crippen LogP contribution in [0.5, 0.6) is 5.75 Å². The van der Waals surface area contributed by atoms with Gasteiger partial charge >= 0.3 is 0 Å². The average Bonchev–Trinajstić information content (AvgIpc) is 3.25. The lowest BCUT2D eigenvalue weighted by molar-refractivity contribution is -0.130. The molecule has 0 bridgehead atoms. The molecule has 1 N–H and O–H groups in total. The summed E-state index contributed by atoms with van der Waals surface area (Å²) in [4.78, 5) is 13.8. The van der Waals surface area contributed by atoms with Crippen LogP contribution in [-0.4, -0.2) is 42.7 Å². The number of amides is 1. The van der Waals surface area contributed by atoms with E-state index in [0.29, 0.717) is 18.9 Å². The summed E-state index contributed by atoms with van der Waals surface area (Å²) in [6.45, 7) is 2.40. The molecule has 1 aromatic carbocycles. The van der Waals surface area contributed by atoms with Crippen LogP contribution < -0.4 is 4.74 Å². The molecule has 0 aliphatic heterocycles. The topological polar surface area (TPSA) is 49.8 Å². The molecule has 1 atom stereocenters. The highest BCUT2D eigenvalue weighted by molar-refractivity contribution is 5.78. The van der Waals surface area contributed by atoms with Crippen LogP contribution in [-0.2, 0) is 11.2 Å². The summed E-state index contributed by atoms with van der Waals surface area (Å²) in [6.07, 6.45) is 2.12. The molecular formula is C16H23NO3. The Balaban J connectivity index is 1.92. The van der Waals surface area contributed by atoms with Crippen molar-refractivity contribution >= 4 is 5.91 Å². The Hall–Kier alpha value is -1.55. The number of carbonyl (C=O) groups is 1. The number of benzene rings is 1. The monoisotopic (exact) mass is 277 g/mol. The third kappa shape index (κ3) is 3.73. The van der Waals surface area contributed by atoms with Gasteiger partial charge in [-0.25, -0.2) is 0 Å². The summed E-state index contributed by atoms with van der Waals surface area (Å²) in [5.41, 5.74) is 1.99. The lowest BCUT2D eigenvalue weighted by atomic mass is 10.1. The van der Waals surface area contributed by atoms with E-state index in [4.69, 9.17) is 4.74 Å². The summed E-state index contributed by atoms with van der Waals surface area (Å²) >= 11 is 0. The lowest BCUT2D eigenvalue weighted by Gasteiger charge is -2.21. The van der Waals surface area contributed by atoms with Crippen LogP contribution in [0.4, 0.5) is 0 Å². The zero-order valence-corrected chi connectivity index (χ0v) is 12.4. The molecule has 1 fully saturated rings. The fraction of sp³-hybridized carbons (Fsp3) is 0.562. The second-order valence-corrected chi connectivity index (χ2v) is 5.66. The molecule has 110 valence electrons. The van der Waals surface area contributed by atoms with Crippen molar-refractivity contribution in [2.75, 3.05) is 20.7 Å². The zero-order chi connectivity index (χ0) is 14.7. The Kier molecular flexibility index (Phi) is 4.65. The summed E-state index contributed by atoms with van der Waals surface area (Å²) < 4.78 is 5.27. The number of carbonyl (C=O) groups excluding carboxylic acids is 1. The van der Waals surface area contributed by atoms with Crippen LogP contribution in [0.2, 0.25) is 0 Å². The Morgan fingerprint density at radius 3 is 2.80 bits per heavy atom. The molecular weight excluding hydrogens is 254 g/mol. The fourth-order valence-electron chi connectivity index (χ4n) is 2.30. The first-order valence-electron chi connectivity index (χ1n) is 7.06. The van der Waals surface area contributed by atoms with E-state index in [0.717, 1.165) is 29.7 Å². The predicted molar refractivity (Wildman–Crippen MR) is 77.8 cm³/mol. The van der Waals surface area contributed by atoms with Gasteiger partial charge in [-0.1, -0.05) is 12.1 Å². The molecule has 1 aromatic rings. The Morgan fingerprint density at radius 1 is 1.50 bits per heavy atom. The maximum absolute atomic E-state index is 12.1. The smallest absolute Gasteiger partial charge is 0.226 e. The van der Waals surface area contributed by atoms with Gasteiger partial charge < -0.3 is 14.7 Å². The Morgan fingerprint density at radius 2 is 2.20 bits per heavy atom. The second kappa shape index (κ2) is 6.27. The number of likely N-dealkylation sites (N-methyl/N-ethyl adjacent to an activating group) is 1. The summed E-state index contributed by atoms with van der Waals surface area (Å²) in [7, 11) is 3.38. The van der Waals surface area contributed by atoms with Crippen LogP contribution in [0.15, 0.2) is 18.2 Å². The largest absolute Gasteiger partial charge is 0.496 e. The zero-order valence-electron chi connectivity index (χ0n) is 12.4. The Bertz CT molecular complexity index is 483. The third-order valence-corrected chi connectivity index (χ3v) is 3.88. The van der Waals surface area contributed by atoms with Crippen molar-refractivity contribution in [3.05, 3.63) is 29.3 Å². The standard InChI is InChI=1S/C16H23NO3/c1-11-4-5-12(8-15(11)20-3)9-16(19)17(2)10-14(18)13-6-7-13/h4-5,8,13-14,18H,6-7,9-10H2,1-3H3. The summed E-state index contributed by atoms with van der Waals surface area (Å²) in [5, 5.41) is 9.88. The van der Waals surface area contributed by atoms with Gasteiger partial charge in [-0.2, -0.15) is 0 Å². The first kappa shape index (κ1) is 14.9. The maximum atomic E-state index is 12.1. The second-order valence-electron chi connectivity index (χ2n) is 5.66. The van der Waals surface area contributed by atoms with Crippen LogP contribution in [0.3, 0.4) is 0 Å². The predicted octanol–water partition coefficient (Wildman–Crippen LogP) is 1.78. The van der Waals surface area contributed by atoms with Crippen molar-refractivity contribution in [3.63, 3.8) is 0 Å². The van der Waals surface area contributed by atoms with Gasteiger partial charge in [0.2, 0.25) is 5.91 Å². The molecule has 20 heavy (non-hydrogen) atoms. The molecule has 1 unspecified atom stereocenters. The van der Waals surface area contributed by atoms with Gasteiger partial charge in [0.05, 0.1) is 19.6 Å². The molecule has 0 aromatic heterocycles. The number of aliphatic hydroxyl groups is 1. The average molecular weight is 277 g/mol. The molecule has 4 nitrogen and oxygen atoms in total. The van der Waals surface area contributed by atoms with Gasteiger partial charge in [0.1, 0.15) is 5.75 Å². The Labute approximate surface area is 120 Å². The number of rotatable bonds is 6. The first-order valence-corrected chi connectivity index (χ1v) is 7.06. The number of hydrogen-bond donors (Lipinski definition) is 1. The fourth-order valence-corrected chi connectivity index (χ4v) is 2.30. The highest BCUT2D eigenvalue weighted by Gasteiger charge is 2.31. The summed E-state index contributed by atoms with van der Waals surface area (Å²) in [6, 6.07) is 5.81. The molecule has 4 heteroatoms. The van der Waals surface area contributed by atoms with E-state index in [1.54, 1.807) is 19.1 Å². The van der Waals surface area contributed by atoms with Crippen LogP contribution in [0.1, 0.15) is 24.0 Å². The number of nitrogens with zero attached hydrogens (tertiary/aromatic N) is 1. The lowest BCUT2D eigenvalue weighted by Crippen LogP contribution is -2.36. The van der Waals surface area contributed by atoms with Gasteiger partial charge in [0.15, 0.2) is 0 Å². The highest BCUT2D eigenvalue weighted by atomic mass is 16.5. The molecule has 0 radical (unpaired) electrons. The van der Waals surface area contributed by atoms with E-state index in [2.05, 4.69) is 0 Å². The maximum Gasteiger partial charge on any atom is 0.226 e. The van der Waals surface area contributed by atoms with E-state index in [1.807, 2.05) is 25.1 Å². The molecule has 1 amide bonds. The van der Waals surface area contributed by atoms with E-state index >= 15 is 0 Å². The van der Waals surface area contributed by atoms with E-state index in [1.165, 1.54) is 0 Å². The van der Waals surface area contributed by atoms with Crippen molar-refractivity contribution in [3.8, 4) is 5.75 Å². The minimum Gasteiger partial charge on any atom is -0.496 e. The number of aliphatic hydroxyl groups excluding tert-OH is 1. The molecule has 1 aliphatic carbocycles. The summed E-state index contributed by atoms with van der Waals surface area (Å²) in [5.74, 6) is 1.22. The molecule has 1 saturated carbocycles. The minimum atomic E-state index is -0.378. The van der Waals surface area contributed by atoms with Crippen molar-refractivity contribution in [2.45, 2.75) is 32.3 Å². The molecule has 0 saturated heterocycles. The van der Waals surface area contributed by atoms with Crippen molar-refractivity contribution < 1.29 is 14.6 Å². The first-order chi connectivity index (χ1) is 9.51. The number of methoxy groups -OCH3 is 1. The SMILES string of the molecule is COc1cc(CC(=O)N(C)CC(O)C2CC2)ccc1C. The van der Waals surface area contributed by atoms with Crippen molar-refractivity contribution in [1.29, 1.82) is 0 Å². The molecule has 0 spiro atoms. The third-order valence-electron chi connectivity index (χ3n) is 3.88.